The minimum atomic E-state index is 0.134. The number of amides is 1. The van der Waals surface area contributed by atoms with Gasteiger partial charge in [-0.2, -0.15) is 11.8 Å². The second-order valence-electron chi connectivity index (χ2n) is 3.92. The van der Waals surface area contributed by atoms with Gasteiger partial charge in [-0.1, -0.05) is 31.9 Å². The van der Waals surface area contributed by atoms with Gasteiger partial charge in [-0.3, -0.25) is 4.79 Å². The van der Waals surface area contributed by atoms with E-state index in [1.807, 2.05) is 34.9 Å². The van der Waals surface area contributed by atoms with Crippen LogP contribution in [0.3, 0.4) is 0 Å². The summed E-state index contributed by atoms with van der Waals surface area (Å²) in [6, 6.07) is 5.70. The van der Waals surface area contributed by atoms with Gasteiger partial charge in [0.25, 0.3) is 5.91 Å². The molecule has 5 heteroatoms. The van der Waals surface area contributed by atoms with Crippen molar-refractivity contribution in [3.8, 4) is 0 Å². The Morgan fingerprint density at radius 3 is 2.53 bits per heavy atom. The molecule has 1 amide bonds. The van der Waals surface area contributed by atoms with Crippen LogP contribution in [-0.4, -0.2) is 35.4 Å². The summed E-state index contributed by atoms with van der Waals surface area (Å²) in [7, 11) is 0. The van der Waals surface area contributed by atoms with Crippen LogP contribution in [0.15, 0.2) is 27.1 Å². The number of thioether (sulfide) groups is 1. The highest BCUT2D eigenvalue weighted by atomic mass is 79.9. The SMILES string of the molecule is O=C(c1cc(Br)cc(Br)c1)N1CCCSCC1. The number of nitrogens with zero attached hydrogens (tertiary/aromatic N) is 1. The smallest absolute Gasteiger partial charge is 0.253 e. The van der Waals surface area contributed by atoms with Crippen LogP contribution in [0, 0.1) is 0 Å². The third-order valence-corrected chi connectivity index (χ3v) is 4.58. The van der Waals surface area contributed by atoms with E-state index in [-0.39, 0.29) is 5.91 Å². The predicted octanol–water partition coefficient (Wildman–Crippen LogP) is 3.79. The van der Waals surface area contributed by atoms with Crippen LogP contribution in [0.4, 0.5) is 0 Å². The number of carbonyl (C=O) groups excluding carboxylic acids is 1. The summed E-state index contributed by atoms with van der Waals surface area (Å²) in [5, 5.41) is 0. The molecule has 2 nitrogen and oxygen atoms in total. The largest absolute Gasteiger partial charge is 0.338 e. The Labute approximate surface area is 122 Å². The highest BCUT2D eigenvalue weighted by Crippen LogP contribution is 2.22. The van der Waals surface area contributed by atoms with E-state index in [4.69, 9.17) is 0 Å². The lowest BCUT2D eigenvalue weighted by molar-refractivity contribution is 0.0768. The molecule has 1 aromatic carbocycles. The summed E-state index contributed by atoms with van der Waals surface area (Å²) in [4.78, 5) is 14.3. The first-order valence-electron chi connectivity index (χ1n) is 5.50. The zero-order valence-electron chi connectivity index (χ0n) is 9.29. The predicted molar refractivity (Wildman–Crippen MR) is 79.7 cm³/mol. The van der Waals surface area contributed by atoms with Crippen molar-refractivity contribution in [3.05, 3.63) is 32.7 Å². The Balaban J connectivity index is 2.17. The van der Waals surface area contributed by atoms with Crippen molar-refractivity contribution in [3.63, 3.8) is 0 Å². The van der Waals surface area contributed by atoms with Crippen LogP contribution < -0.4 is 0 Å². The van der Waals surface area contributed by atoms with E-state index in [1.165, 1.54) is 0 Å². The third kappa shape index (κ3) is 3.73. The van der Waals surface area contributed by atoms with Crippen molar-refractivity contribution in [2.24, 2.45) is 0 Å². The maximum atomic E-state index is 12.3. The Morgan fingerprint density at radius 2 is 1.82 bits per heavy atom. The fourth-order valence-corrected chi connectivity index (χ4v) is 3.99. The topological polar surface area (TPSA) is 20.3 Å². The number of halogens is 2. The van der Waals surface area contributed by atoms with Crippen LogP contribution in [-0.2, 0) is 0 Å². The van der Waals surface area contributed by atoms with E-state index in [1.54, 1.807) is 0 Å². The first kappa shape index (κ1) is 13.4. The second kappa shape index (κ2) is 6.25. The lowest BCUT2D eigenvalue weighted by Crippen LogP contribution is -2.32. The van der Waals surface area contributed by atoms with Crippen LogP contribution in [0.2, 0.25) is 0 Å². The molecule has 1 saturated heterocycles. The minimum absolute atomic E-state index is 0.134. The number of carbonyl (C=O) groups is 1. The summed E-state index contributed by atoms with van der Waals surface area (Å²) in [6.07, 6.45) is 1.09. The van der Waals surface area contributed by atoms with Crippen molar-refractivity contribution in [2.75, 3.05) is 24.6 Å². The molecule has 0 N–H and O–H groups in total. The number of rotatable bonds is 1. The Kier molecular flexibility index (Phi) is 4.94. The molecular weight excluding hydrogens is 366 g/mol. The monoisotopic (exact) mass is 377 g/mol. The quantitative estimate of drug-likeness (QED) is 0.740. The van der Waals surface area contributed by atoms with Gasteiger partial charge >= 0.3 is 0 Å². The van der Waals surface area contributed by atoms with E-state index in [0.717, 1.165) is 45.5 Å². The summed E-state index contributed by atoms with van der Waals surface area (Å²) in [5.41, 5.74) is 0.748. The van der Waals surface area contributed by atoms with Gasteiger partial charge in [0, 0.05) is 33.4 Å². The molecule has 0 unspecified atom stereocenters. The maximum Gasteiger partial charge on any atom is 0.253 e. The van der Waals surface area contributed by atoms with Gasteiger partial charge in [-0.25, -0.2) is 0 Å². The lowest BCUT2D eigenvalue weighted by Gasteiger charge is -2.20. The normalized spacial score (nSPS) is 16.7. The van der Waals surface area contributed by atoms with Crippen molar-refractivity contribution < 1.29 is 4.79 Å². The standard InChI is InChI=1S/C12H13Br2NOS/c13-10-6-9(7-11(14)8-10)12(16)15-2-1-4-17-5-3-15/h6-8H,1-5H2. The molecular formula is C12H13Br2NOS. The highest BCUT2D eigenvalue weighted by molar-refractivity contribution is 9.11. The highest BCUT2D eigenvalue weighted by Gasteiger charge is 2.17. The molecule has 1 aliphatic rings. The van der Waals surface area contributed by atoms with Crippen molar-refractivity contribution in [2.45, 2.75) is 6.42 Å². The van der Waals surface area contributed by atoms with E-state index < -0.39 is 0 Å². The fourth-order valence-electron chi connectivity index (χ4n) is 1.81. The van der Waals surface area contributed by atoms with Gasteiger partial charge in [0.05, 0.1) is 0 Å². The van der Waals surface area contributed by atoms with E-state index in [2.05, 4.69) is 31.9 Å². The molecule has 17 heavy (non-hydrogen) atoms. The summed E-state index contributed by atoms with van der Waals surface area (Å²) < 4.78 is 1.86. The van der Waals surface area contributed by atoms with Crippen molar-refractivity contribution in [1.82, 2.24) is 4.90 Å². The summed E-state index contributed by atoms with van der Waals surface area (Å²) in [6.45, 7) is 1.73. The molecule has 0 atom stereocenters. The average Bonchev–Trinajstić information content (AvgIpc) is 2.55. The molecule has 1 aliphatic heterocycles. The number of hydrogen-bond donors (Lipinski definition) is 0. The Morgan fingerprint density at radius 1 is 1.12 bits per heavy atom. The van der Waals surface area contributed by atoms with Crippen molar-refractivity contribution in [1.29, 1.82) is 0 Å². The van der Waals surface area contributed by atoms with E-state index in [9.17, 15) is 4.79 Å². The molecule has 0 radical (unpaired) electrons. The second-order valence-corrected chi connectivity index (χ2v) is 6.97. The molecule has 1 heterocycles. The molecule has 0 bridgehead atoms. The minimum Gasteiger partial charge on any atom is -0.338 e. The van der Waals surface area contributed by atoms with Gasteiger partial charge in [-0.05, 0) is 30.4 Å². The van der Waals surface area contributed by atoms with E-state index in [0.29, 0.717) is 0 Å². The van der Waals surface area contributed by atoms with Crippen LogP contribution >= 0.6 is 43.6 Å². The number of hydrogen-bond acceptors (Lipinski definition) is 2. The zero-order chi connectivity index (χ0) is 12.3. The Hall–Kier alpha value is -0.000000000000000167. The lowest BCUT2D eigenvalue weighted by atomic mass is 10.2. The van der Waals surface area contributed by atoms with Gasteiger partial charge in [-0.15, -0.1) is 0 Å². The third-order valence-electron chi connectivity index (χ3n) is 2.62. The van der Waals surface area contributed by atoms with E-state index >= 15 is 0 Å². The van der Waals surface area contributed by atoms with Gasteiger partial charge in [0.2, 0.25) is 0 Å². The molecule has 0 aliphatic carbocycles. The van der Waals surface area contributed by atoms with Gasteiger partial charge in [0.15, 0.2) is 0 Å². The zero-order valence-corrected chi connectivity index (χ0v) is 13.3. The summed E-state index contributed by atoms with van der Waals surface area (Å²) >= 11 is 8.76. The molecule has 0 spiro atoms. The molecule has 1 aromatic rings. The van der Waals surface area contributed by atoms with Crippen LogP contribution in [0.1, 0.15) is 16.8 Å². The van der Waals surface area contributed by atoms with Gasteiger partial charge < -0.3 is 4.90 Å². The Bertz CT molecular complexity index is 397. The maximum absolute atomic E-state index is 12.3. The molecule has 1 fully saturated rings. The van der Waals surface area contributed by atoms with Gasteiger partial charge in [0.1, 0.15) is 0 Å². The first-order chi connectivity index (χ1) is 8.16. The average molecular weight is 379 g/mol. The van der Waals surface area contributed by atoms with Crippen LogP contribution in [0.5, 0.6) is 0 Å². The summed E-state index contributed by atoms with van der Waals surface area (Å²) in [5.74, 6) is 2.34. The number of benzene rings is 1. The molecule has 0 aromatic heterocycles. The molecule has 0 saturated carbocycles. The fraction of sp³-hybridized carbons (Fsp3) is 0.417. The van der Waals surface area contributed by atoms with Crippen molar-refractivity contribution >= 4 is 49.5 Å². The first-order valence-corrected chi connectivity index (χ1v) is 8.24. The molecule has 92 valence electrons. The molecule has 2 rings (SSSR count). The van der Waals surface area contributed by atoms with Crippen LogP contribution in [0.25, 0.3) is 0 Å².